The first kappa shape index (κ1) is 11.3. The number of nitrogens with one attached hydrogen (secondary N) is 2. The molecule has 5 heteroatoms. The second kappa shape index (κ2) is 4.03. The summed E-state index contributed by atoms with van der Waals surface area (Å²) in [5, 5.41) is 10.4. The maximum Gasteiger partial charge on any atom is 0.325 e. The Morgan fingerprint density at radius 2 is 1.82 bits per heavy atom. The van der Waals surface area contributed by atoms with Gasteiger partial charge in [0.25, 0.3) is 5.56 Å². The molecular formula is C12H12N2O3. The molecule has 0 fully saturated rings. The van der Waals surface area contributed by atoms with Gasteiger partial charge < -0.3 is 10.1 Å². The maximum absolute atomic E-state index is 11.6. The van der Waals surface area contributed by atoms with E-state index in [0.29, 0.717) is 5.56 Å². The van der Waals surface area contributed by atoms with Crippen LogP contribution in [0, 0.1) is 0 Å². The van der Waals surface area contributed by atoms with Gasteiger partial charge in [0.1, 0.15) is 5.60 Å². The molecule has 5 nitrogen and oxygen atoms in total. The van der Waals surface area contributed by atoms with Crippen LogP contribution < -0.4 is 11.2 Å². The minimum atomic E-state index is -1.45. The Balaban J connectivity index is 2.60. The molecule has 1 heterocycles. The van der Waals surface area contributed by atoms with E-state index in [0.717, 1.165) is 0 Å². The largest absolute Gasteiger partial charge is 0.380 e. The van der Waals surface area contributed by atoms with Crippen LogP contribution in [0.4, 0.5) is 0 Å². The molecule has 88 valence electrons. The number of aromatic nitrogens is 2. The molecule has 17 heavy (non-hydrogen) atoms. The van der Waals surface area contributed by atoms with Crippen molar-refractivity contribution in [2.75, 3.05) is 0 Å². The normalized spacial score (nSPS) is 14.2. The highest BCUT2D eigenvalue weighted by Gasteiger charge is 2.28. The number of aliphatic hydroxyl groups is 1. The topological polar surface area (TPSA) is 85.9 Å². The van der Waals surface area contributed by atoms with Crippen molar-refractivity contribution >= 4 is 0 Å². The van der Waals surface area contributed by atoms with Gasteiger partial charge in [-0.2, -0.15) is 0 Å². The maximum atomic E-state index is 11.6. The highest BCUT2D eigenvalue weighted by Crippen LogP contribution is 2.25. The zero-order valence-electron chi connectivity index (χ0n) is 9.23. The first-order valence-electron chi connectivity index (χ1n) is 5.12. The zero-order valence-corrected chi connectivity index (χ0v) is 9.23. The highest BCUT2D eigenvalue weighted by atomic mass is 16.3. The average Bonchev–Trinajstić information content (AvgIpc) is 2.29. The minimum Gasteiger partial charge on any atom is -0.380 e. The zero-order chi connectivity index (χ0) is 12.5. The van der Waals surface area contributed by atoms with Crippen molar-refractivity contribution in [3.63, 3.8) is 0 Å². The summed E-state index contributed by atoms with van der Waals surface area (Å²) >= 11 is 0. The molecular weight excluding hydrogens is 220 g/mol. The van der Waals surface area contributed by atoms with Gasteiger partial charge >= 0.3 is 5.69 Å². The van der Waals surface area contributed by atoms with Gasteiger partial charge in [-0.1, -0.05) is 30.3 Å². The predicted octanol–water partition coefficient (Wildman–Crippen LogP) is 0.319. The van der Waals surface area contributed by atoms with Crippen molar-refractivity contribution in [2.24, 2.45) is 0 Å². The summed E-state index contributed by atoms with van der Waals surface area (Å²) in [6.45, 7) is 1.51. The van der Waals surface area contributed by atoms with E-state index in [9.17, 15) is 14.7 Å². The summed E-state index contributed by atoms with van der Waals surface area (Å²) in [6.07, 6.45) is 1.23. The molecule has 0 radical (unpaired) electrons. The minimum absolute atomic E-state index is 0.100. The van der Waals surface area contributed by atoms with Crippen LogP contribution in [-0.2, 0) is 5.60 Å². The van der Waals surface area contributed by atoms with Crippen molar-refractivity contribution < 1.29 is 5.11 Å². The molecule has 0 aliphatic carbocycles. The summed E-state index contributed by atoms with van der Waals surface area (Å²) in [7, 11) is 0. The van der Waals surface area contributed by atoms with E-state index in [-0.39, 0.29) is 5.56 Å². The molecule has 2 rings (SSSR count). The van der Waals surface area contributed by atoms with Gasteiger partial charge in [0, 0.05) is 6.20 Å². The van der Waals surface area contributed by atoms with Gasteiger partial charge in [-0.05, 0) is 12.5 Å². The third kappa shape index (κ3) is 2.05. The van der Waals surface area contributed by atoms with Crippen molar-refractivity contribution in [3.05, 3.63) is 68.5 Å². The molecule has 0 saturated carbocycles. The first-order valence-corrected chi connectivity index (χ1v) is 5.12. The third-order valence-corrected chi connectivity index (χ3v) is 2.68. The molecule has 1 unspecified atom stereocenters. The van der Waals surface area contributed by atoms with E-state index in [1.807, 2.05) is 6.07 Å². The quantitative estimate of drug-likeness (QED) is 0.697. The van der Waals surface area contributed by atoms with Gasteiger partial charge in [0.05, 0.1) is 5.56 Å². The Bertz CT molecular complexity index is 626. The summed E-state index contributed by atoms with van der Waals surface area (Å²) in [5.74, 6) is 0. The lowest BCUT2D eigenvalue weighted by Crippen LogP contribution is -2.35. The van der Waals surface area contributed by atoms with Crippen LogP contribution in [0.3, 0.4) is 0 Å². The van der Waals surface area contributed by atoms with Crippen LogP contribution in [0.2, 0.25) is 0 Å². The van der Waals surface area contributed by atoms with Gasteiger partial charge in [0.2, 0.25) is 0 Å². The lowest BCUT2D eigenvalue weighted by molar-refractivity contribution is 0.100. The van der Waals surface area contributed by atoms with Crippen LogP contribution >= 0.6 is 0 Å². The fraction of sp³-hybridized carbons (Fsp3) is 0.167. The second-order valence-corrected chi connectivity index (χ2v) is 3.92. The number of benzene rings is 1. The van der Waals surface area contributed by atoms with Crippen LogP contribution in [0.5, 0.6) is 0 Å². The summed E-state index contributed by atoms with van der Waals surface area (Å²) in [4.78, 5) is 27.0. The van der Waals surface area contributed by atoms with E-state index in [2.05, 4.69) is 9.97 Å². The lowest BCUT2D eigenvalue weighted by Gasteiger charge is -2.22. The Kier molecular flexibility index (Phi) is 2.69. The molecule has 1 aromatic heterocycles. The van der Waals surface area contributed by atoms with Crippen LogP contribution in [0.25, 0.3) is 0 Å². The Morgan fingerprint density at radius 3 is 2.41 bits per heavy atom. The van der Waals surface area contributed by atoms with Crippen LogP contribution in [0.1, 0.15) is 18.1 Å². The van der Waals surface area contributed by atoms with Gasteiger partial charge in [-0.25, -0.2) is 4.79 Å². The summed E-state index contributed by atoms with van der Waals surface area (Å²) < 4.78 is 0. The van der Waals surface area contributed by atoms with Gasteiger partial charge in [-0.3, -0.25) is 9.78 Å². The number of hydrogen-bond acceptors (Lipinski definition) is 3. The van der Waals surface area contributed by atoms with Crippen molar-refractivity contribution in [2.45, 2.75) is 12.5 Å². The second-order valence-electron chi connectivity index (χ2n) is 3.92. The Morgan fingerprint density at radius 1 is 1.18 bits per heavy atom. The van der Waals surface area contributed by atoms with E-state index in [4.69, 9.17) is 0 Å². The molecule has 1 aromatic carbocycles. The number of aromatic amines is 2. The van der Waals surface area contributed by atoms with Crippen molar-refractivity contribution in [3.8, 4) is 0 Å². The molecule has 1 atom stereocenters. The van der Waals surface area contributed by atoms with Crippen molar-refractivity contribution in [1.82, 2.24) is 9.97 Å². The highest BCUT2D eigenvalue weighted by molar-refractivity contribution is 5.31. The van der Waals surface area contributed by atoms with Gasteiger partial charge in [-0.15, -0.1) is 0 Å². The fourth-order valence-corrected chi connectivity index (χ4v) is 1.69. The van der Waals surface area contributed by atoms with E-state index in [1.54, 1.807) is 24.3 Å². The monoisotopic (exact) mass is 232 g/mol. The molecule has 0 amide bonds. The average molecular weight is 232 g/mol. The smallest absolute Gasteiger partial charge is 0.325 e. The van der Waals surface area contributed by atoms with E-state index >= 15 is 0 Å². The number of H-pyrrole nitrogens is 2. The SMILES string of the molecule is CC(O)(c1ccccc1)c1c[nH]c(=O)[nH]c1=O. The Labute approximate surface area is 96.8 Å². The predicted molar refractivity (Wildman–Crippen MR) is 62.8 cm³/mol. The summed E-state index contributed by atoms with van der Waals surface area (Å²) in [6, 6.07) is 8.78. The summed E-state index contributed by atoms with van der Waals surface area (Å²) in [5.41, 5.74) is -1.95. The molecule has 0 aliphatic rings. The molecule has 2 aromatic rings. The molecule has 0 saturated heterocycles. The molecule has 0 aliphatic heterocycles. The van der Waals surface area contributed by atoms with Gasteiger partial charge in [0.15, 0.2) is 0 Å². The lowest BCUT2D eigenvalue weighted by atomic mass is 9.90. The molecule has 0 bridgehead atoms. The number of hydrogen-bond donors (Lipinski definition) is 3. The Hall–Kier alpha value is -2.14. The number of rotatable bonds is 2. The first-order chi connectivity index (χ1) is 8.01. The fourth-order valence-electron chi connectivity index (χ4n) is 1.69. The van der Waals surface area contributed by atoms with Crippen LogP contribution in [-0.4, -0.2) is 15.1 Å². The van der Waals surface area contributed by atoms with E-state index in [1.165, 1.54) is 13.1 Å². The molecule has 0 spiro atoms. The van der Waals surface area contributed by atoms with Crippen LogP contribution in [0.15, 0.2) is 46.1 Å². The third-order valence-electron chi connectivity index (χ3n) is 2.68. The standard InChI is InChI=1S/C12H12N2O3/c1-12(17,8-5-3-2-4-6-8)9-7-13-11(16)14-10(9)15/h2-7,17H,1H3,(H2,13,14,15,16). The van der Waals surface area contributed by atoms with Crippen molar-refractivity contribution in [1.29, 1.82) is 0 Å². The van der Waals surface area contributed by atoms with E-state index < -0.39 is 16.9 Å². The molecule has 3 N–H and O–H groups in total.